The van der Waals surface area contributed by atoms with E-state index < -0.39 is 0 Å². The van der Waals surface area contributed by atoms with E-state index in [1.54, 1.807) is 22.7 Å². The second kappa shape index (κ2) is 5.35. The van der Waals surface area contributed by atoms with Crippen molar-refractivity contribution in [3.05, 3.63) is 47.2 Å². The van der Waals surface area contributed by atoms with Crippen LogP contribution in [0, 0.1) is 5.38 Å². The second-order valence-electron chi connectivity index (χ2n) is 3.06. The molecule has 0 unspecified atom stereocenters. The Morgan fingerprint density at radius 3 is 2.31 bits per heavy atom. The van der Waals surface area contributed by atoms with Gasteiger partial charge >= 0.3 is 18.9 Å². The van der Waals surface area contributed by atoms with Gasteiger partial charge < -0.3 is 0 Å². The van der Waals surface area contributed by atoms with E-state index in [9.17, 15) is 0 Å². The summed E-state index contributed by atoms with van der Waals surface area (Å²) in [4.78, 5) is 5.35. The molecule has 4 heteroatoms. The third-order valence-electron chi connectivity index (χ3n) is 2.08. The Bertz CT molecular complexity index is 486. The molecule has 3 heterocycles. The maximum atomic E-state index is 3.12. The van der Waals surface area contributed by atoms with Gasteiger partial charge in [-0.2, -0.15) is 12.1 Å². The van der Waals surface area contributed by atoms with Crippen LogP contribution >= 0.6 is 34.0 Å². The van der Waals surface area contributed by atoms with Gasteiger partial charge in [0.2, 0.25) is 0 Å². The number of thiophene rings is 3. The van der Waals surface area contributed by atoms with Crippen LogP contribution in [0.3, 0.4) is 0 Å². The molecule has 0 saturated carbocycles. The predicted molar refractivity (Wildman–Crippen MR) is 69.8 cm³/mol. The van der Waals surface area contributed by atoms with E-state index in [1.807, 2.05) is 17.4 Å². The van der Waals surface area contributed by atoms with E-state index in [0.29, 0.717) is 0 Å². The molecule has 0 atom stereocenters. The van der Waals surface area contributed by atoms with Gasteiger partial charge in [-0.25, -0.2) is 0 Å². The van der Waals surface area contributed by atoms with Crippen molar-refractivity contribution in [1.82, 2.24) is 0 Å². The summed E-state index contributed by atoms with van der Waals surface area (Å²) in [6.07, 6.45) is 0. The minimum atomic E-state index is 0. The van der Waals surface area contributed by atoms with Gasteiger partial charge in [0, 0.05) is 9.75 Å². The molecule has 16 heavy (non-hydrogen) atoms. The topological polar surface area (TPSA) is 0 Å². The number of hydrogen-bond donors (Lipinski definition) is 0. The summed E-state index contributed by atoms with van der Waals surface area (Å²) in [6, 6.07) is 12.8. The van der Waals surface area contributed by atoms with E-state index in [-0.39, 0.29) is 18.9 Å². The Hall–Kier alpha value is -0.303. The Morgan fingerprint density at radius 2 is 1.69 bits per heavy atom. The van der Waals surface area contributed by atoms with Crippen molar-refractivity contribution in [3.8, 4) is 19.5 Å². The smallest absolute Gasteiger partial charge is 0.295 e. The summed E-state index contributed by atoms with van der Waals surface area (Å²) in [5.74, 6) is 0. The molecule has 0 aliphatic carbocycles. The van der Waals surface area contributed by atoms with Crippen LogP contribution in [0.15, 0.2) is 41.8 Å². The fourth-order valence-electron chi connectivity index (χ4n) is 1.40. The van der Waals surface area contributed by atoms with Gasteiger partial charge in [-0.1, -0.05) is 12.1 Å². The van der Waals surface area contributed by atoms with Gasteiger partial charge in [-0.3, -0.25) is 11.3 Å². The van der Waals surface area contributed by atoms with Gasteiger partial charge in [0.05, 0.1) is 0 Å². The van der Waals surface area contributed by atoms with Gasteiger partial charge in [0.25, 0.3) is 0 Å². The van der Waals surface area contributed by atoms with E-state index >= 15 is 0 Å². The Morgan fingerprint density at radius 1 is 0.875 bits per heavy atom. The zero-order chi connectivity index (χ0) is 10.1. The number of hydrogen-bond acceptors (Lipinski definition) is 3. The molecule has 74 valence electrons. The predicted octanol–water partition coefficient (Wildman–Crippen LogP) is 2.01. The van der Waals surface area contributed by atoms with E-state index in [0.717, 1.165) is 0 Å². The van der Waals surface area contributed by atoms with Crippen molar-refractivity contribution < 1.29 is 18.9 Å². The zero-order valence-corrected chi connectivity index (χ0v) is 11.2. The molecule has 0 fully saturated rings. The average Bonchev–Trinajstić information content (AvgIpc) is 3.02. The summed E-state index contributed by atoms with van der Waals surface area (Å²) in [7, 11) is 0. The van der Waals surface area contributed by atoms with Crippen LogP contribution < -0.4 is 18.9 Å². The largest absolute Gasteiger partial charge is 1.00 e. The van der Waals surface area contributed by atoms with Crippen molar-refractivity contribution in [2.24, 2.45) is 0 Å². The Labute approximate surface area is 119 Å². The standard InChI is InChI=1S/C12H7S3.Li/c1-3-9(13-7-1)11-5-6-12(15-11)10-4-2-8-14-10;/h1-7H;/q-1;+1. The molecule has 0 aromatic carbocycles. The first kappa shape index (κ1) is 12.2. The Balaban J connectivity index is 0.000000963. The summed E-state index contributed by atoms with van der Waals surface area (Å²) in [5.41, 5.74) is 0. The molecule has 0 radical (unpaired) electrons. The first-order valence-corrected chi connectivity index (χ1v) is 7.05. The van der Waals surface area contributed by atoms with Crippen molar-refractivity contribution in [2.75, 3.05) is 0 Å². The van der Waals surface area contributed by atoms with Crippen LogP contribution in [-0.4, -0.2) is 0 Å². The third-order valence-corrected chi connectivity index (χ3v) is 5.23. The van der Waals surface area contributed by atoms with E-state index in [1.165, 1.54) is 19.5 Å². The van der Waals surface area contributed by atoms with Crippen molar-refractivity contribution >= 4 is 34.0 Å². The minimum absolute atomic E-state index is 0. The Kier molecular flexibility index (Phi) is 4.07. The molecule has 0 aliphatic rings. The zero-order valence-electron chi connectivity index (χ0n) is 8.77. The second-order valence-corrected chi connectivity index (χ2v) is 5.97. The summed E-state index contributed by atoms with van der Waals surface area (Å²) in [6.45, 7) is 0. The van der Waals surface area contributed by atoms with Crippen LogP contribution in [0.5, 0.6) is 0 Å². The molecular weight excluding hydrogens is 247 g/mol. The molecule has 3 aromatic rings. The molecule has 0 saturated heterocycles. The van der Waals surface area contributed by atoms with Crippen molar-refractivity contribution in [3.63, 3.8) is 0 Å². The summed E-state index contributed by atoms with van der Waals surface area (Å²) >= 11 is 5.32. The molecule has 0 nitrogen and oxygen atoms in total. The van der Waals surface area contributed by atoms with Gasteiger partial charge in [0.15, 0.2) is 0 Å². The van der Waals surface area contributed by atoms with Gasteiger partial charge in [0.1, 0.15) is 0 Å². The van der Waals surface area contributed by atoms with Crippen molar-refractivity contribution in [1.29, 1.82) is 0 Å². The van der Waals surface area contributed by atoms with Crippen LogP contribution in [-0.2, 0) is 0 Å². The minimum Gasteiger partial charge on any atom is -0.295 e. The monoisotopic (exact) mass is 254 g/mol. The molecule has 0 amide bonds. The molecule has 0 spiro atoms. The van der Waals surface area contributed by atoms with Gasteiger partial charge in [-0.15, -0.1) is 32.9 Å². The van der Waals surface area contributed by atoms with Crippen LogP contribution in [0.4, 0.5) is 0 Å². The SMILES string of the molecule is [Li+].[c-]1ccc(-c2ccc(-c3cccs3)s2)s1. The molecule has 3 aromatic heterocycles. The van der Waals surface area contributed by atoms with Crippen LogP contribution in [0.25, 0.3) is 19.5 Å². The third kappa shape index (κ3) is 2.34. The maximum absolute atomic E-state index is 3.12. The molecule has 0 N–H and O–H groups in total. The van der Waals surface area contributed by atoms with Crippen molar-refractivity contribution in [2.45, 2.75) is 0 Å². The fourth-order valence-corrected chi connectivity index (χ4v) is 3.97. The quantitative estimate of drug-likeness (QED) is 0.485. The van der Waals surface area contributed by atoms with Gasteiger partial charge in [-0.05, 0) is 22.4 Å². The van der Waals surface area contributed by atoms with Crippen LogP contribution in [0.2, 0.25) is 0 Å². The summed E-state index contributed by atoms with van der Waals surface area (Å²) < 4.78 is 0. The van der Waals surface area contributed by atoms with Crippen LogP contribution in [0.1, 0.15) is 0 Å². The molecule has 3 rings (SSSR count). The fraction of sp³-hybridized carbons (Fsp3) is 0. The van der Waals surface area contributed by atoms with E-state index in [4.69, 9.17) is 0 Å². The maximum Gasteiger partial charge on any atom is 1.00 e. The summed E-state index contributed by atoms with van der Waals surface area (Å²) in [5, 5.41) is 5.24. The normalized spacial score (nSPS) is 10.0. The first-order valence-electron chi connectivity index (χ1n) is 4.53. The molecule has 0 bridgehead atoms. The first-order chi connectivity index (χ1) is 7.43. The molecule has 0 aliphatic heterocycles. The molecular formula is C12H7LiS3. The number of rotatable bonds is 2. The average molecular weight is 254 g/mol. The van der Waals surface area contributed by atoms with E-state index in [2.05, 4.69) is 41.1 Å².